The van der Waals surface area contributed by atoms with Crippen molar-refractivity contribution in [3.8, 4) is 5.88 Å². The molecule has 3 rings (SSSR count). The number of aromatic nitrogens is 2. The molecule has 0 aliphatic carbocycles. The minimum atomic E-state index is 0. The number of hydrogen-bond acceptors (Lipinski definition) is 5. The van der Waals surface area contributed by atoms with Crippen LogP contribution in [0.1, 0.15) is 11.4 Å². The highest BCUT2D eigenvalue weighted by Gasteiger charge is 2.26. The molecule has 2 aromatic rings. The molecule has 1 atom stereocenters. The average Bonchev–Trinajstić information content (AvgIpc) is 3.25. The summed E-state index contributed by atoms with van der Waals surface area (Å²) in [5, 5.41) is 6.55. The van der Waals surface area contributed by atoms with Gasteiger partial charge in [-0.2, -0.15) is 0 Å². The molecule has 0 spiro atoms. The van der Waals surface area contributed by atoms with Crippen molar-refractivity contribution in [3.63, 3.8) is 0 Å². The predicted molar refractivity (Wildman–Crippen MR) is 107 cm³/mol. The molecule has 24 heavy (non-hydrogen) atoms. The van der Waals surface area contributed by atoms with Gasteiger partial charge in [-0.3, -0.25) is 4.99 Å². The first-order chi connectivity index (χ1) is 11.3. The molecule has 1 aliphatic heterocycles. The van der Waals surface area contributed by atoms with Crippen LogP contribution in [0.2, 0.25) is 0 Å². The third-order valence-electron chi connectivity index (χ3n) is 3.69. The number of nitrogens with one attached hydrogen (secondary N) is 1. The Balaban J connectivity index is 0.00000208. The molecule has 1 saturated heterocycles. The molecule has 0 saturated carbocycles. The summed E-state index contributed by atoms with van der Waals surface area (Å²) in [6.07, 6.45) is 5.64. The van der Waals surface area contributed by atoms with Gasteiger partial charge in [0, 0.05) is 56.8 Å². The van der Waals surface area contributed by atoms with Gasteiger partial charge >= 0.3 is 0 Å². The van der Waals surface area contributed by atoms with E-state index in [2.05, 4.69) is 25.2 Å². The number of halogens is 1. The number of hydrogen-bond donors (Lipinski definition) is 1. The lowest BCUT2D eigenvalue weighted by Crippen LogP contribution is -2.41. The van der Waals surface area contributed by atoms with Crippen LogP contribution < -0.4 is 10.1 Å². The van der Waals surface area contributed by atoms with E-state index in [9.17, 15) is 0 Å². The second kappa shape index (κ2) is 9.77. The average molecular weight is 459 g/mol. The summed E-state index contributed by atoms with van der Waals surface area (Å²) in [6.45, 7) is 2.60. The Hall–Kier alpha value is -1.42. The molecular weight excluding hydrogens is 437 g/mol. The van der Waals surface area contributed by atoms with Crippen LogP contribution in [0.15, 0.2) is 41.0 Å². The normalized spacial score (nSPS) is 17.5. The molecule has 130 valence electrons. The van der Waals surface area contributed by atoms with Crippen molar-refractivity contribution in [3.05, 3.63) is 41.0 Å². The number of pyridine rings is 1. The van der Waals surface area contributed by atoms with E-state index in [0.717, 1.165) is 43.4 Å². The summed E-state index contributed by atoms with van der Waals surface area (Å²) >= 11 is 1.68. The minimum absolute atomic E-state index is 0. The van der Waals surface area contributed by atoms with Gasteiger partial charge < -0.3 is 15.0 Å². The van der Waals surface area contributed by atoms with Gasteiger partial charge in [-0.05, 0) is 6.07 Å². The largest absolute Gasteiger partial charge is 0.472 e. The highest BCUT2D eigenvalue weighted by molar-refractivity contribution is 14.0. The molecule has 6 nitrogen and oxygen atoms in total. The Labute approximate surface area is 163 Å². The molecule has 1 unspecified atom stereocenters. The summed E-state index contributed by atoms with van der Waals surface area (Å²) in [5.74, 6) is 1.61. The third-order valence-corrected chi connectivity index (χ3v) is 4.53. The van der Waals surface area contributed by atoms with Crippen LogP contribution >= 0.6 is 35.3 Å². The van der Waals surface area contributed by atoms with Gasteiger partial charge in [0.2, 0.25) is 5.88 Å². The zero-order valence-corrected chi connectivity index (χ0v) is 16.7. The maximum Gasteiger partial charge on any atom is 0.213 e. The van der Waals surface area contributed by atoms with E-state index in [1.807, 2.05) is 36.8 Å². The Kier molecular flexibility index (Phi) is 7.70. The molecule has 3 heterocycles. The first kappa shape index (κ1) is 18.9. The summed E-state index contributed by atoms with van der Waals surface area (Å²) in [5.41, 5.74) is 0. The smallest absolute Gasteiger partial charge is 0.213 e. The number of aliphatic imine (C=N–C) groups is 1. The fourth-order valence-corrected chi connectivity index (χ4v) is 3.21. The molecule has 0 amide bonds. The lowest BCUT2D eigenvalue weighted by Gasteiger charge is -2.21. The van der Waals surface area contributed by atoms with Gasteiger partial charge in [-0.25, -0.2) is 9.97 Å². The zero-order valence-electron chi connectivity index (χ0n) is 13.6. The number of ether oxygens (including phenoxy) is 1. The van der Waals surface area contributed by atoms with E-state index < -0.39 is 0 Å². The van der Waals surface area contributed by atoms with E-state index in [0.29, 0.717) is 5.88 Å². The van der Waals surface area contributed by atoms with Gasteiger partial charge in [-0.1, -0.05) is 6.07 Å². The maximum absolute atomic E-state index is 5.92. The van der Waals surface area contributed by atoms with Crippen LogP contribution in [0.4, 0.5) is 0 Å². The molecule has 1 aliphatic rings. The van der Waals surface area contributed by atoms with E-state index in [1.165, 1.54) is 0 Å². The Bertz CT molecular complexity index is 623. The number of guanidine groups is 1. The van der Waals surface area contributed by atoms with Crippen LogP contribution in [-0.4, -0.2) is 53.6 Å². The molecule has 0 aromatic carbocycles. The van der Waals surface area contributed by atoms with E-state index >= 15 is 0 Å². The van der Waals surface area contributed by atoms with Crippen LogP contribution in [0, 0.1) is 0 Å². The van der Waals surface area contributed by atoms with Gasteiger partial charge in [0.1, 0.15) is 6.10 Å². The number of thiazole rings is 1. The van der Waals surface area contributed by atoms with Gasteiger partial charge in [0.25, 0.3) is 0 Å². The SMILES string of the molecule is CN=C(NCCc1nccs1)N1CCC(Oc2ccccn2)C1.I. The lowest BCUT2D eigenvalue weighted by molar-refractivity contribution is 0.205. The summed E-state index contributed by atoms with van der Waals surface area (Å²) in [6, 6.07) is 5.72. The predicted octanol–water partition coefficient (Wildman–Crippen LogP) is 2.43. The summed E-state index contributed by atoms with van der Waals surface area (Å²) < 4.78 is 5.92. The molecular formula is C16H22IN5OS. The first-order valence-corrected chi connectivity index (χ1v) is 8.65. The van der Waals surface area contributed by atoms with Gasteiger partial charge in [-0.15, -0.1) is 35.3 Å². The Morgan fingerprint density at radius 3 is 3.04 bits per heavy atom. The molecule has 1 fully saturated rings. The third kappa shape index (κ3) is 5.30. The highest BCUT2D eigenvalue weighted by Crippen LogP contribution is 2.16. The number of likely N-dealkylation sites (tertiary alicyclic amines) is 1. The molecule has 8 heteroatoms. The summed E-state index contributed by atoms with van der Waals surface area (Å²) in [4.78, 5) is 15.1. The Morgan fingerprint density at radius 1 is 1.42 bits per heavy atom. The number of nitrogens with zero attached hydrogens (tertiary/aromatic N) is 4. The van der Waals surface area contributed by atoms with Crippen LogP contribution in [0.3, 0.4) is 0 Å². The van der Waals surface area contributed by atoms with Crippen molar-refractivity contribution < 1.29 is 4.74 Å². The van der Waals surface area contributed by atoms with Gasteiger partial charge in [0.15, 0.2) is 5.96 Å². The fraction of sp³-hybridized carbons (Fsp3) is 0.438. The second-order valence-electron chi connectivity index (χ2n) is 5.29. The Morgan fingerprint density at radius 2 is 2.33 bits per heavy atom. The molecule has 0 bridgehead atoms. The van der Waals surface area contributed by atoms with Crippen molar-refractivity contribution in [2.24, 2.45) is 4.99 Å². The van der Waals surface area contributed by atoms with E-state index in [-0.39, 0.29) is 30.1 Å². The minimum Gasteiger partial charge on any atom is -0.472 e. The van der Waals surface area contributed by atoms with Gasteiger partial charge in [0.05, 0.1) is 11.6 Å². The quantitative estimate of drug-likeness (QED) is 0.423. The topological polar surface area (TPSA) is 62.6 Å². The van der Waals surface area contributed by atoms with Crippen molar-refractivity contribution in [2.75, 3.05) is 26.7 Å². The molecule has 2 aromatic heterocycles. The van der Waals surface area contributed by atoms with E-state index in [4.69, 9.17) is 4.74 Å². The van der Waals surface area contributed by atoms with Crippen LogP contribution in [0.25, 0.3) is 0 Å². The monoisotopic (exact) mass is 459 g/mol. The zero-order chi connectivity index (χ0) is 15.9. The van der Waals surface area contributed by atoms with E-state index in [1.54, 1.807) is 17.5 Å². The van der Waals surface area contributed by atoms with Crippen molar-refractivity contribution in [1.82, 2.24) is 20.2 Å². The lowest BCUT2D eigenvalue weighted by atomic mass is 10.3. The van der Waals surface area contributed by atoms with Crippen molar-refractivity contribution in [2.45, 2.75) is 18.9 Å². The van der Waals surface area contributed by atoms with Crippen molar-refractivity contribution >= 4 is 41.3 Å². The highest BCUT2D eigenvalue weighted by atomic mass is 127. The summed E-state index contributed by atoms with van der Waals surface area (Å²) in [7, 11) is 1.82. The second-order valence-corrected chi connectivity index (χ2v) is 6.27. The van der Waals surface area contributed by atoms with Crippen molar-refractivity contribution in [1.29, 1.82) is 0 Å². The molecule has 0 radical (unpaired) electrons. The molecule has 1 N–H and O–H groups in total. The maximum atomic E-state index is 5.92. The number of rotatable bonds is 5. The first-order valence-electron chi connectivity index (χ1n) is 7.77. The van der Waals surface area contributed by atoms with Crippen LogP contribution in [-0.2, 0) is 6.42 Å². The standard InChI is InChI=1S/C16H21N5OS.HI/c1-17-16(20-8-5-15-19-9-11-23-15)21-10-6-13(12-21)22-14-4-2-3-7-18-14;/h2-4,7,9,11,13H,5-6,8,10,12H2,1H3,(H,17,20);1H. The van der Waals surface area contributed by atoms with Crippen LogP contribution in [0.5, 0.6) is 5.88 Å². The fourth-order valence-electron chi connectivity index (χ4n) is 2.59.